The van der Waals surface area contributed by atoms with Crippen LogP contribution in [0.4, 0.5) is 4.39 Å². The molecule has 1 heterocycles. The van der Waals surface area contributed by atoms with Crippen molar-refractivity contribution in [3.05, 3.63) is 58.3 Å². The molecular weight excluding hydrogens is 353 g/mol. The van der Waals surface area contributed by atoms with E-state index in [0.29, 0.717) is 18.7 Å². The highest BCUT2D eigenvalue weighted by Gasteiger charge is 2.10. The van der Waals surface area contributed by atoms with Gasteiger partial charge in [-0.25, -0.2) is 4.39 Å². The number of amides is 1. The minimum absolute atomic E-state index is 0.0976. The maximum absolute atomic E-state index is 13.0. The van der Waals surface area contributed by atoms with Crippen molar-refractivity contribution in [1.29, 1.82) is 0 Å². The highest BCUT2D eigenvalue weighted by Crippen LogP contribution is 2.07. The molecule has 0 fully saturated rings. The number of aromatic nitrogens is 2. The molecule has 144 valence electrons. The van der Waals surface area contributed by atoms with Crippen LogP contribution in [-0.2, 0) is 4.79 Å². The zero-order valence-electron chi connectivity index (χ0n) is 14.9. The van der Waals surface area contributed by atoms with Gasteiger partial charge in [0.25, 0.3) is 11.5 Å². The fourth-order valence-electron chi connectivity index (χ4n) is 2.52. The molecule has 0 aliphatic carbocycles. The number of halogens is 1. The van der Waals surface area contributed by atoms with Gasteiger partial charge in [0.1, 0.15) is 11.5 Å². The largest absolute Gasteiger partial charge is 0.481 e. The quantitative estimate of drug-likeness (QED) is 0.622. The number of benzene rings is 1. The van der Waals surface area contributed by atoms with Gasteiger partial charge in [-0.3, -0.25) is 14.4 Å². The Kier molecular flexibility index (Phi) is 7.66. The summed E-state index contributed by atoms with van der Waals surface area (Å²) in [6, 6.07) is 7.85. The Morgan fingerprint density at radius 1 is 1.00 bits per heavy atom. The van der Waals surface area contributed by atoms with Gasteiger partial charge in [-0.1, -0.05) is 19.3 Å². The second-order valence-electron chi connectivity index (χ2n) is 6.11. The zero-order valence-corrected chi connectivity index (χ0v) is 14.9. The van der Waals surface area contributed by atoms with Crippen molar-refractivity contribution >= 4 is 11.9 Å². The van der Waals surface area contributed by atoms with E-state index in [2.05, 4.69) is 10.4 Å². The summed E-state index contributed by atoms with van der Waals surface area (Å²) in [5, 5.41) is 15.3. The van der Waals surface area contributed by atoms with E-state index in [1.54, 1.807) is 0 Å². The third-order valence-electron chi connectivity index (χ3n) is 3.96. The lowest BCUT2D eigenvalue weighted by molar-refractivity contribution is -0.137. The normalized spacial score (nSPS) is 10.6. The van der Waals surface area contributed by atoms with Crippen LogP contribution in [0.3, 0.4) is 0 Å². The van der Waals surface area contributed by atoms with Crippen molar-refractivity contribution in [2.24, 2.45) is 0 Å². The first kappa shape index (κ1) is 20.3. The number of nitrogens with one attached hydrogen (secondary N) is 1. The zero-order chi connectivity index (χ0) is 19.6. The maximum Gasteiger partial charge on any atom is 0.303 e. The van der Waals surface area contributed by atoms with Crippen LogP contribution in [0.2, 0.25) is 0 Å². The second-order valence-corrected chi connectivity index (χ2v) is 6.11. The fourth-order valence-corrected chi connectivity index (χ4v) is 2.52. The van der Waals surface area contributed by atoms with Crippen LogP contribution in [0.5, 0.6) is 0 Å². The molecule has 0 spiro atoms. The van der Waals surface area contributed by atoms with Crippen LogP contribution in [0.25, 0.3) is 5.69 Å². The molecule has 0 bridgehead atoms. The molecular formula is C19H22FN3O4. The van der Waals surface area contributed by atoms with Crippen molar-refractivity contribution < 1.29 is 19.1 Å². The Morgan fingerprint density at radius 3 is 2.37 bits per heavy atom. The van der Waals surface area contributed by atoms with E-state index in [0.717, 1.165) is 30.4 Å². The molecule has 0 saturated heterocycles. The standard InChI is InChI=1S/C19H22FN3O4/c20-14-7-9-15(10-8-14)23-17(24)12-11-16(22-23)19(27)21-13-5-3-1-2-4-6-18(25)26/h7-12H,1-6,13H2,(H,21,27)(H,25,26). The SMILES string of the molecule is O=C(O)CCCCCCCNC(=O)c1ccc(=O)n(-c2ccc(F)cc2)n1. The monoisotopic (exact) mass is 375 g/mol. The van der Waals surface area contributed by atoms with Gasteiger partial charge in [0, 0.05) is 19.0 Å². The molecule has 0 radical (unpaired) electrons. The number of unbranched alkanes of at least 4 members (excludes halogenated alkanes) is 4. The van der Waals surface area contributed by atoms with Gasteiger partial charge in [0.05, 0.1) is 5.69 Å². The first-order valence-corrected chi connectivity index (χ1v) is 8.83. The predicted octanol–water partition coefficient (Wildman–Crippen LogP) is 2.53. The van der Waals surface area contributed by atoms with E-state index in [-0.39, 0.29) is 12.1 Å². The van der Waals surface area contributed by atoms with Crippen LogP contribution in [0.15, 0.2) is 41.2 Å². The minimum atomic E-state index is -0.781. The molecule has 1 amide bonds. The average Bonchev–Trinajstić information content (AvgIpc) is 2.64. The summed E-state index contributed by atoms with van der Waals surface area (Å²) < 4.78 is 14.1. The molecule has 0 aliphatic rings. The van der Waals surface area contributed by atoms with Gasteiger partial charge in [-0.2, -0.15) is 9.78 Å². The number of hydrogen-bond acceptors (Lipinski definition) is 4. The summed E-state index contributed by atoms with van der Waals surface area (Å²) in [4.78, 5) is 34.5. The molecule has 1 aromatic carbocycles. The van der Waals surface area contributed by atoms with E-state index >= 15 is 0 Å². The number of carbonyl (C=O) groups is 2. The van der Waals surface area contributed by atoms with Gasteiger partial charge in [-0.05, 0) is 43.2 Å². The Balaban J connectivity index is 1.83. The van der Waals surface area contributed by atoms with Gasteiger partial charge in [0.15, 0.2) is 0 Å². The van der Waals surface area contributed by atoms with Crippen LogP contribution in [0, 0.1) is 5.82 Å². The molecule has 0 aliphatic heterocycles. The van der Waals surface area contributed by atoms with Gasteiger partial charge >= 0.3 is 5.97 Å². The highest BCUT2D eigenvalue weighted by molar-refractivity contribution is 5.92. The third-order valence-corrected chi connectivity index (χ3v) is 3.96. The van der Waals surface area contributed by atoms with Crippen molar-refractivity contribution in [3.8, 4) is 5.69 Å². The number of rotatable bonds is 10. The first-order chi connectivity index (χ1) is 13.0. The summed E-state index contributed by atoms with van der Waals surface area (Å²) in [5.41, 5.74) is 0.0531. The smallest absolute Gasteiger partial charge is 0.303 e. The molecule has 7 nitrogen and oxygen atoms in total. The lowest BCUT2D eigenvalue weighted by atomic mass is 10.1. The first-order valence-electron chi connectivity index (χ1n) is 8.83. The molecule has 27 heavy (non-hydrogen) atoms. The van der Waals surface area contributed by atoms with E-state index < -0.39 is 23.3 Å². The maximum atomic E-state index is 13.0. The van der Waals surface area contributed by atoms with Crippen molar-refractivity contribution in [2.75, 3.05) is 6.54 Å². The molecule has 2 rings (SSSR count). The number of carboxylic acid groups (broad SMARTS) is 1. The summed E-state index contributed by atoms with van der Waals surface area (Å²) >= 11 is 0. The minimum Gasteiger partial charge on any atom is -0.481 e. The Labute approximate surface area is 155 Å². The summed E-state index contributed by atoms with van der Waals surface area (Å²) in [5.74, 6) is -1.60. The molecule has 0 atom stereocenters. The Bertz CT molecular complexity index is 834. The number of nitrogens with zero attached hydrogens (tertiary/aromatic N) is 2. The van der Waals surface area contributed by atoms with Crippen LogP contribution in [0.1, 0.15) is 49.0 Å². The van der Waals surface area contributed by atoms with Gasteiger partial charge in [0.2, 0.25) is 0 Å². The number of carboxylic acids is 1. The molecule has 2 aromatic rings. The topological polar surface area (TPSA) is 101 Å². The molecule has 2 N–H and O–H groups in total. The van der Waals surface area contributed by atoms with Crippen molar-refractivity contribution in [1.82, 2.24) is 15.1 Å². The summed E-state index contributed by atoms with van der Waals surface area (Å²) in [6.45, 7) is 0.467. The van der Waals surface area contributed by atoms with E-state index in [4.69, 9.17) is 5.11 Å². The van der Waals surface area contributed by atoms with Crippen molar-refractivity contribution in [3.63, 3.8) is 0 Å². The Morgan fingerprint density at radius 2 is 1.67 bits per heavy atom. The number of aliphatic carboxylic acids is 1. The fraction of sp³-hybridized carbons (Fsp3) is 0.368. The summed E-state index contributed by atoms with van der Waals surface area (Å²) in [7, 11) is 0. The third kappa shape index (κ3) is 6.65. The van der Waals surface area contributed by atoms with Crippen LogP contribution in [-0.4, -0.2) is 33.3 Å². The molecule has 0 saturated carbocycles. The molecule has 8 heteroatoms. The van der Waals surface area contributed by atoms with E-state index in [9.17, 15) is 18.8 Å². The van der Waals surface area contributed by atoms with Crippen LogP contribution < -0.4 is 10.9 Å². The lowest BCUT2D eigenvalue weighted by Crippen LogP contribution is -2.29. The number of hydrogen-bond donors (Lipinski definition) is 2. The molecule has 1 aromatic heterocycles. The van der Waals surface area contributed by atoms with Crippen molar-refractivity contribution in [2.45, 2.75) is 38.5 Å². The van der Waals surface area contributed by atoms with Gasteiger partial charge in [-0.15, -0.1) is 0 Å². The highest BCUT2D eigenvalue weighted by atomic mass is 19.1. The number of carbonyl (C=O) groups excluding carboxylic acids is 1. The summed E-state index contributed by atoms with van der Waals surface area (Å²) in [6.07, 6.45) is 4.28. The van der Waals surface area contributed by atoms with E-state index in [1.807, 2.05) is 0 Å². The van der Waals surface area contributed by atoms with Gasteiger partial charge < -0.3 is 10.4 Å². The molecule has 0 unspecified atom stereocenters. The lowest BCUT2D eigenvalue weighted by Gasteiger charge is -2.08. The average molecular weight is 375 g/mol. The predicted molar refractivity (Wildman–Crippen MR) is 97.5 cm³/mol. The Hall–Kier alpha value is -3.03. The second kappa shape index (κ2) is 10.2. The van der Waals surface area contributed by atoms with E-state index in [1.165, 1.54) is 36.4 Å². The van der Waals surface area contributed by atoms with Crippen LogP contribution >= 0.6 is 0 Å².